The number of rotatable bonds is 5. The third kappa shape index (κ3) is 4.72. The molecule has 2 N–H and O–H groups in total. The molecule has 2 aromatic carbocycles. The quantitative estimate of drug-likeness (QED) is 0.640. The van der Waals surface area contributed by atoms with Crippen molar-refractivity contribution in [2.45, 2.75) is 19.8 Å². The predicted molar refractivity (Wildman–Crippen MR) is 92.9 cm³/mol. The number of benzene rings is 2. The van der Waals surface area contributed by atoms with Gasteiger partial charge in [-0.25, -0.2) is 0 Å². The van der Waals surface area contributed by atoms with Gasteiger partial charge in [0.05, 0.1) is 0 Å². The molecule has 0 aliphatic carbocycles. The van der Waals surface area contributed by atoms with Gasteiger partial charge in [-0.15, -0.1) is 0 Å². The van der Waals surface area contributed by atoms with Gasteiger partial charge in [0.15, 0.2) is 0 Å². The van der Waals surface area contributed by atoms with E-state index in [0.29, 0.717) is 11.6 Å². The summed E-state index contributed by atoms with van der Waals surface area (Å²) in [5, 5.41) is 14.9. The summed E-state index contributed by atoms with van der Waals surface area (Å²) < 4.78 is 0. The second-order valence-corrected chi connectivity index (χ2v) is 5.41. The van der Waals surface area contributed by atoms with Crippen LogP contribution in [0.5, 0.6) is 0 Å². The molecule has 1 amide bonds. The molecular weight excluding hydrogens is 286 g/mol. The zero-order chi connectivity index (χ0) is 16.7. The maximum atomic E-state index is 12.1. The van der Waals surface area contributed by atoms with Gasteiger partial charge in [0, 0.05) is 17.6 Å². The normalized spacial score (nSPS) is 11.0. The van der Waals surface area contributed by atoms with Gasteiger partial charge >= 0.3 is 0 Å². The van der Waals surface area contributed by atoms with E-state index in [4.69, 9.17) is 0 Å². The molecule has 2 aromatic rings. The zero-order valence-electron chi connectivity index (χ0n) is 13.2. The van der Waals surface area contributed by atoms with E-state index in [0.717, 1.165) is 5.69 Å². The summed E-state index contributed by atoms with van der Waals surface area (Å²) in [6.45, 7) is 4.23. The Hall–Kier alpha value is -3.06. The highest BCUT2D eigenvalue weighted by molar-refractivity contribution is 6.06. The van der Waals surface area contributed by atoms with Gasteiger partial charge in [-0.05, 0) is 35.7 Å². The smallest absolute Gasteiger partial charge is 0.267 e. The van der Waals surface area contributed by atoms with Crippen LogP contribution >= 0.6 is 0 Å². The molecule has 0 unspecified atom stereocenters. The summed E-state index contributed by atoms with van der Waals surface area (Å²) >= 11 is 0. The molecule has 0 spiro atoms. The fraction of sp³-hybridized carbons (Fsp3) is 0.158. The molecule has 0 saturated carbocycles. The van der Waals surface area contributed by atoms with Crippen molar-refractivity contribution in [1.29, 1.82) is 5.26 Å². The number of carbonyl (C=O) groups excluding carboxylic acids is 1. The number of nitrogens with one attached hydrogen (secondary N) is 2. The predicted octanol–water partition coefficient (Wildman–Crippen LogP) is 4.27. The van der Waals surface area contributed by atoms with Gasteiger partial charge in [-0.2, -0.15) is 5.26 Å². The largest absolute Gasteiger partial charge is 0.360 e. The molecule has 0 heterocycles. The maximum Gasteiger partial charge on any atom is 0.267 e. The summed E-state index contributed by atoms with van der Waals surface area (Å²) in [4.78, 5) is 12.1. The van der Waals surface area contributed by atoms with Gasteiger partial charge in [-0.3, -0.25) is 4.79 Å². The van der Waals surface area contributed by atoms with Crippen LogP contribution in [0, 0.1) is 11.3 Å². The Balaban J connectivity index is 2.08. The van der Waals surface area contributed by atoms with E-state index in [1.54, 1.807) is 12.1 Å². The van der Waals surface area contributed by atoms with Crippen LogP contribution in [-0.2, 0) is 4.79 Å². The van der Waals surface area contributed by atoms with Crippen LogP contribution in [0.3, 0.4) is 0 Å². The Morgan fingerprint density at radius 3 is 2.43 bits per heavy atom. The third-order valence-electron chi connectivity index (χ3n) is 3.33. The zero-order valence-corrected chi connectivity index (χ0v) is 13.2. The lowest BCUT2D eigenvalue weighted by atomic mass is 10.0. The van der Waals surface area contributed by atoms with Crippen LogP contribution < -0.4 is 10.6 Å². The summed E-state index contributed by atoms with van der Waals surface area (Å²) in [5.74, 6) is -0.0243. The lowest BCUT2D eigenvalue weighted by Gasteiger charge is -2.08. The van der Waals surface area contributed by atoms with E-state index in [1.165, 1.54) is 11.8 Å². The van der Waals surface area contributed by atoms with Crippen molar-refractivity contribution < 1.29 is 4.79 Å². The number of amides is 1. The molecule has 0 radical (unpaired) electrons. The third-order valence-corrected chi connectivity index (χ3v) is 3.33. The number of carbonyl (C=O) groups is 1. The SMILES string of the molecule is CC(C)c1cccc(NC=C(C#N)C(=O)Nc2ccccc2)c1. The first-order valence-corrected chi connectivity index (χ1v) is 7.43. The molecule has 0 aliphatic rings. The lowest BCUT2D eigenvalue weighted by molar-refractivity contribution is -0.112. The van der Waals surface area contributed by atoms with Crippen LogP contribution in [0.25, 0.3) is 0 Å². The minimum atomic E-state index is -0.439. The molecule has 0 saturated heterocycles. The minimum absolute atomic E-state index is 0.0174. The molecule has 0 aliphatic heterocycles. The fourth-order valence-corrected chi connectivity index (χ4v) is 2.01. The maximum absolute atomic E-state index is 12.1. The molecule has 0 bridgehead atoms. The van der Waals surface area contributed by atoms with Crippen molar-refractivity contribution in [3.05, 3.63) is 71.9 Å². The molecule has 4 heteroatoms. The second-order valence-electron chi connectivity index (χ2n) is 5.41. The topological polar surface area (TPSA) is 64.9 Å². The highest BCUT2D eigenvalue weighted by Crippen LogP contribution is 2.18. The lowest BCUT2D eigenvalue weighted by Crippen LogP contribution is -2.14. The van der Waals surface area contributed by atoms with Gasteiger partial charge in [0.25, 0.3) is 5.91 Å². The second kappa shape index (κ2) is 7.81. The molecule has 23 heavy (non-hydrogen) atoms. The van der Waals surface area contributed by atoms with Crippen LogP contribution in [0.4, 0.5) is 11.4 Å². The van der Waals surface area contributed by atoms with Gasteiger partial charge in [-0.1, -0.05) is 44.2 Å². The highest BCUT2D eigenvalue weighted by Gasteiger charge is 2.09. The molecule has 0 aromatic heterocycles. The minimum Gasteiger partial charge on any atom is -0.360 e. The van der Waals surface area contributed by atoms with Gasteiger partial charge in [0.2, 0.25) is 0 Å². The van der Waals surface area contributed by atoms with Crippen LogP contribution in [0.2, 0.25) is 0 Å². The van der Waals surface area contributed by atoms with E-state index < -0.39 is 5.91 Å². The molecule has 0 atom stereocenters. The number of nitriles is 1. The summed E-state index contributed by atoms with van der Waals surface area (Å²) in [7, 11) is 0. The number of para-hydroxylation sites is 1. The fourth-order valence-electron chi connectivity index (χ4n) is 2.01. The summed E-state index contributed by atoms with van der Waals surface area (Å²) in [6.07, 6.45) is 1.43. The molecule has 0 fully saturated rings. The van der Waals surface area contributed by atoms with Crippen molar-refractivity contribution in [2.75, 3.05) is 10.6 Å². The average molecular weight is 305 g/mol. The van der Waals surface area contributed by atoms with Crippen LogP contribution in [0.15, 0.2) is 66.4 Å². The molecule has 4 nitrogen and oxygen atoms in total. The Morgan fingerprint density at radius 2 is 1.78 bits per heavy atom. The van der Waals surface area contributed by atoms with E-state index >= 15 is 0 Å². The summed E-state index contributed by atoms with van der Waals surface area (Å²) in [5.41, 5.74) is 2.70. The van der Waals surface area contributed by atoms with Crippen molar-refractivity contribution in [2.24, 2.45) is 0 Å². The van der Waals surface area contributed by atoms with E-state index in [9.17, 15) is 10.1 Å². The first kappa shape index (κ1) is 16.3. The Bertz CT molecular complexity index is 743. The molecular formula is C19H19N3O. The number of hydrogen-bond donors (Lipinski definition) is 2. The van der Waals surface area contributed by atoms with E-state index in [2.05, 4.69) is 24.5 Å². The Morgan fingerprint density at radius 1 is 1.09 bits per heavy atom. The number of anilines is 2. The van der Waals surface area contributed by atoms with E-state index in [-0.39, 0.29) is 5.57 Å². The Kier molecular flexibility index (Phi) is 5.54. The highest BCUT2D eigenvalue weighted by atomic mass is 16.1. The average Bonchev–Trinajstić information content (AvgIpc) is 2.56. The standard InChI is InChI=1S/C19H19N3O/c1-14(2)15-7-6-10-18(11-15)21-13-16(12-20)19(23)22-17-8-4-3-5-9-17/h3-11,13-14,21H,1-2H3,(H,22,23). The first-order chi connectivity index (χ1) is 11.1. The molecule has 116 valence electrons. The van der Waals surface area contributed by atoms with E-state index in [1.807, 2.05) is 48.5 Å². The van der Waals surface area contributed by atoms with Crippen molar-refractivity contribution >= 4 is 17.3 Å². The Labute approximate surface area is 136 Å². The van der Waals surface area contributed by atoms with Crippen molar-refractivity contribution in [3.63, 3.8) is 0 Å². The summed E-state index contributed by atoms with van der Waals surface area (Å²) in [6, 6.07) is 18.9. The van der Waals surface area contributed by atoms with Gasteiger partial charge in [0.1, 0.15) is 11.6 Å². The van der Waals surface area contributed by atoms with Crippen LogP contribution in [0.1, 0.15) is 25.3 Å². The van der Waals surface area contributed by atoms with Crippen LogP contribution in [-0.4, -0.2) is 5.91 Å². The number of nitrogens with zero attached hydrogens (tertiary/aromatic N) is 1. The number of hydrogen-bond acceptors (Lipinski definition) is 3. The molecule has 2 rings (SSSR count). The monoisotopic (exact) mass is 305 g/mol. The van der Waals surface area contributed by atoms with Crippen molar-refractivity contribution in [3.8, 4) is 6.07 Å². The first-order valence-electron chi connectivity index (χ1n) is 7.43. The van der Waals surface area contributed by atoms with Crippen molar-refractivity contribution in [1.82, 2.24) is 0 Å². The van der Waals surface area contributed by atoms with Gasteiger partial charge < -0.3 is 10.6 Å².